The van der Waals surface area contributed by atoms with E-state index in [1.165, 1.54) is 43.6 Å². The highest BCUT2D eigenvalue weighted by Gasteiger charge is 2.30. The van der Waals surface area contributed by atoms with E-state index in [9.17, 15) is 0 Å². The van der Waals surface area contributed by atoms with Gasteiger partial charge < -0.3 is 4.74 Å². The van der Waals surface area contributed by atoms with Crippen molar-refractivity contribution in [2.75, 3.05) is 0 Å². The van der Waals surface area contributed by atoms with Crippen LogP contribution in [0.25, 0.3) is 43.7 Å². The normalized spacial score (nSPS) is 12.4. The first kappa shape index (κ1) is 14.7. The van der Waals surface area contributed by atoms with Crippen LogP contribution in [0.1, 0.15) is 5.56 Å². The molecule has 0 radical (unpaired) electrons. The van der Waals surface area contributed by atoms with E-state index in [4.69, 9.17) is 4.74 Å². The minimum absolute atomic E-state index is 0.927. The number of aromatic nitrogens is 1. The molecule has 0 spiro atoms. The van der Waals surface area contributed by atoms with E-state index in [0.29, 0.717) is 0 Å². The van der Waals surface area contributed by atoms with Crippen molar-refractivity contribution in [1.29, 1.82) is 0 Å². The zero-order chi connectivity index (χ0) is 18.1. The molecule has 2 heteroatoms. The molecule has 4 aromatic carbocycles. The van der Waals surface area contributed by atoms with E-state index in [1.54, 1.807) is 0 Å². The van der Waals surface area contributed by atoms with Crippen molar-refractivity contribution in [3.63, 3.8) is 0 Å². The van der Waals surface area contributed by atoms with Crippen LogP contribution in [0.2, 0.25) is 0 Å². The number of hydrogen-bond donors (Lipinski definition) is 0. The fraction of sp³-hybridized carbons (Fsp3) is 0.0800. The first-order chi connectivity index (χ1) is 13.2. The van der Waals surface area contributed by atoms with Gasteiger partial charge in [0.25, 0.3) is 5.69 Å². The van der Waals surface area contributed by atoms with Crippen molar-refractivity contribution < 1.29 is 9.30 Å². The summed E-state index contributed by atoms with van der Waals surface area (Å²) >= 11 is 0. The molecule has 0 saturated carbocycles. The van der Waals surface area contributed by atoms with Gasteiger partial charge in [0.2, 0.25) is 5.52 Å². The van der Waals surface area contributed by atoms with Crippen LogP contribution >= 0.6 is 0 Å². The molecule has 27 heavy (non-hydrogen) atoms. The molecule has 1 aliphatic heterocycles. The molecule has 6 rings (SSSR count). The van der Waals surface area contributed by atoms with Crippen LogP contribution in [0, 0.1) is 6.92 Å². The van der Waals surface area contributed by atoms with Crippen molar-refractivity contribution in [2.24, 2.45) is 7.05 Å². The SMILES string of the molecule is Cc1ccc2cccc3c2c1-c1c(cc2c4ccccc4ccc2[n+]1C)O3. The highest BCUT2D eigenvalue weighted by Crippen LogP contribution is 2.47. The smallest absolute Gasteiger partial charge is 0.256 e. The van der Waals surface area contributed by atoms with Gasteiger partial charge >= 0.3 is 0 Å². The maximum Gasteiger partial charge on any atom is 0.256 e. The number of pyridine rings is 1. The van der Waals surface area contributed by atoms with Gasteiger partial charge in [0.15, 0.2) is 5.75 Å². The molecule has 2 heterocycles. The second-order valence-corrected chi connectivity index (χ2v) is 7.35. The molecule has 0 N–H and O–H groups in total. The zero-order valence-corrected chi connectivity index (χ0v) is 15.3. The lowest BCUT2D eigenvalue weighted by Crippen LogP contribution is -2.33. The molecule has 0 atom stereocenters. The maximum atomic E-state index is 6.42. The van der Waals surface area contributed by atoms with Crippen LogP contribution in [0.5, 0.6) is 11.5 Å². The molecular weight excluding hydrogens is 330 g/mol. The predicted octanol–water partition coefficient (Wildman–Crippen LogP) is 6.05. The number of nitrogens with zero attached hydrogens (tertiary/aromatic N) is 1. The van der Waals surface area contributed by atoms with Gasteiger partial charge in [0.05, 0.1) is 10.9 Å². The summed E-state index contributed by atoms with van der Waals surface area (Å²) in [5.41, 5.74) is 4.92. The Bertz CT molecular complexity index is 1420. The monoisotopic (exact) mass is 348 g/mol. The molecule has 0 amide bonds. The fourth-order valence-electron chi connectivity index (χ4n) is 4.54. The van der Waals surface area contributed by atoms with Crippen molar-refractivity contribution >= 4 is 32.4 Å². The van der Waals surface area contributed by atoms with E-state index >= 15 is 0 Å². The van der Waals surface area contributed by atoms with Crippen molar-refractivity contribution in [3.8, 4) is 22.8 Å². The Hall–Kier alpha value is -3.39. The Morgan fingerprint density at radius 2 is 1.56 bits per heavy atom. The highest BCUT2D eigenvalue weighted by atomic mass is 16.5. The second-order valence-electron chi connectivity index (χ2n) is 7.35. The standard InChI is InChI=1S/C25H18NO/c1-15-10-11-17-7-5-9-21-24(17)23(15)25-22(27-21)14-19-18-8-4-3-6-16(18)12-13-20(19)26(25)2/h3-14H,1-2H3/q+1. The summed E-state index contributed by atoms with van der Waals surface area (Å²) in [5.74, 6) is 1.87. The molecule has 0 unspecified atom stereocenters. The first-order valence-electron chi connectivity index (χ1n) is 9.27. The molecule has 0 fully saturated rings. The molecular formula is C25H18NO+. The largest absolute Gasteiger partial charge is 0.450 e. The van der Waals surface area contributed by atoms with E-state index in [-0.39, 0.29) is 0 Å². The lowest BCUT2D eigenvalue weighted by atomic mass is 9.93. The highest BCUT2D eigenvalue weighted by molar-refractivity contribution is 6.08. The first-order valence-corrected chi connectivity index (χ1v) is 9.27. The number of benzene rings is 4. The van der Waals surface area contributed by atoms with E-state index in [2.05, 4.69) is 91.3 Å². The van der Waals surface area contributed by atoms with Crippen LogP contribution in [-0.2, 0) is 7.05 Å². The van der Waals surface area contributed by atoms with Crippen LogP contribution in [0.4, 0.5) is 0 Å². The molecule has 2 nitrogen and oxygen atoms in total. The van der Waals surface area contributed by atoms with E-state index < -0.39 is 0 Å². The zero-order valence-electron chi connectivity index (χ0n) is 15.3. The maximum absolute atomic E-state index is 6.42. The number of hydrogen-bond acceptors (Lipinski definition) is 1. The summed E-state index contributed by atoms with van der Waals surface area (Å²) in [5, 5.41) is 6.15. The van der Waals surface area contributed by atoms with Gasteiger partial charge in [-0.05, 0) is 40.8 Å². The Kier molecular flexibility index (Phi) is 2.77. The summed E-state index contributed by atoms with van der Waals surface area (Å²) in [6.45, 7) is 2.19. The quantitative estimate of drug-likeness (QED) is 0.240. The summed E-state index contributed by atoms with van der Waals surface area (Å²) in [6, 6.07) is 25.9. The molecule has 1 aromatic heterocycles. The van der Waals surface area contributed by atoms with Crippen LogP contribution in [0.3, 0.4) is 0 Å². The van der Waals surface area contributed by atoms with E-state index in [0.717, 1.165) is 17.2 Å². The number of rotatable bonds is 0. The minimum Gasteiger partial charge on any atom is -0.450 e. The predicted molar refractivity (Wildman–Crippen MR) is 110 cm³/mol. The topological polar surface area (TPSA) is 13.1 Å². The van der Waals surface area contributed by atoms with Gasteiger partial charge in [-0.1, -0.05) is 48.5 Å². The summed E-state index contributed by atoms with van der Waals surface area (Å²) < 4.78 is 8.71. The van der Waals surface area contributed by atoms with Crippen molar-refractivity contribution in [3.05, 3.63) is 78.4 Å². The molecule has 5 aromatic rings. The molecule has 1 aliphatic rings. The van der Waals surface area contributed by atoms with Gasteiger partial charge in [-0.3, -0.25) is 0 Å². The van der Waals surface area contributed by atoms with E-state index in [1.807, 2.05) is 0 Å². The van der Waals surface area contributed by atoms with Crippen LogP contribution in [0.15, 0.2) is 72.8 Å². The van der Waals surface area contributed by atoms with Gasteiger partial charge in [0, 0.05) is 17.5 Å². The fourth-order valence-corrected chi connectivity index (χ4v) is 4.54. The third kappa shape index (κ3) is 1.87. The van der Waals surface area contributed by atoms with Gasteiger partial charge in [0.1, 0.15) is 12.8 Å². The number of aryl methyl sites for hydroxylation is 2. The minimum atomic E-state index is 0.927. The average molecular weight is 348 g/mol. The number of fused-ring (bicyclic) bond motifs is 5. The van der Waals surface area contributed by atoms with Crippen molar-refractivity contribution in [1.82, 2.24) is 0 Å². The molecule has 0 bridgehead atoms. The summed E-state index contributed by atoms with van der Waals surface area (Å²) in [7, 11) is 2.14. The van der Waals surface area contributed by atoms with Gasteiger partial charge in [-0.25, -0.2) is 0 Å². The third-order valence-electron chi connectivity index (χ3n) is 5.83. The molecule has 0 saturated heterocycles. The average Bonchev–Trinajstić information content (AvgIpc) is 2.70. The lowest BCUT2D eigenvalue weighted by Gasteiger charge is -2.21. The second kappa shape index (κ2) is 5.08. The number of ether oxygens (including phenoxy) is 1. The Morgan fingerprint density at radius 3 is 2.48 bits per heavy atom. The summed E-state index contributed by atoms with van der Waals surface area (Å²) in [4.78, 5) is 0. The third-order valence-corrected chi connectivity index (χ3v) is 5.83. The molecule has 0 aliphatic carbocycles. The van der Waals surface area contributed by atoms with Gasteiger partial charge in [-0.2, -0.15) is 4.57 Å². The van der Waals surface area contributed by atoms with Gasteiger partial charge in [-0.15, -0.1) is 0 Å². The lowest BCUT2D eigenvalue weighted by molar-refractivity contribution is -0.633. The Balaban J connectivity index is 1.82. The van der Waals surface area contributed by atoms with Crippen LogP contribution in [-0.4, -0.2) is 0 Å². The molecule has 128 valence electrons. The Labute approximate surface area is 157 Å². The summed E-state index contributed by atoms with van der Waals surface area (Å²) in [6.07, 6.45) is 0. The Morgan fingerprint density at radius 1 is 0.741 bits per heavy atom. The van der Waals surface area contributed by atoms with Crippen molar-refractivity contribution in [2.45, 2.75) is 6.92 Å². The van der Waals surface area contributed by atoms with Crippen LogP contribution < -0.4 is 9.30 Å².